The molecule has 4 rings (SSSR count). The fraction of sp³-hybridized carbons (Fsp3) is 0.300. The summed E-state index contributed by atoms with van der Waals surface area (Å²) in [6, 6.07) is 24.3. The fourth-order valence-corrected chi connectivity index (χ4v) is 4.53. The largest absolute Gasteiger partial charge is 0.480 e. The number of alkyl carbamates (subject to hydrolysis) is 1. The van der Waals surface area contributed by atoms with E-state index in [4.69, 9.17) is 14.2 Å². The van der Waals surface area contributed by atoms with Gasteiger partial charge in [-0.2, -0.15) is 0 Å². The van der Waals surface area contributed by atoms with Crippen LogP contribution in [0.15, 0.2) is 78.9 Å². The number of hydrogen-bond donors (Lipinski definition) is 3. The van der Waals surface area contributed by atoms with E-state index in [1.165, 1.54) is 0 Å². The Balaban J connectivity index is 1.14. The van der Waals surface area contributed by atoms with Crippen LogP contribution >= 0.6 is 0 Å². The van der Waals surface area contributed by atoms with Crippen LogP contribution in [0.2, 0.25) is 0 Å². The number of carbonyl (C=O) groups is 3. The molecule has 0 unspecified atom stereocenters. The van der Waals surface area contributed by atoms with Crippen molar-refractivity contribution in [2.75, 3.05) is 26.4 Å². The standard InChI is InChI=1S/C30H32N2O7/c1-20(38-17-21-9-3-2-4-10-21)28(29(34)35)32-27(33)19-37-16-15-31-30(36)39-18-26-24-13-7-5-11-22(24)23-12-6-8-14-25(23)26/h2-14,20,26,28H,15-19H2,1H3,(H,31,36)(H,32,33)(H,34,35)/t20-,28+/m1/s1. The van der Waals surface area contributed by atoms with Gasteiger partial charge >= 0.3 is 12.1 Å². The minimum atomic E-state index is -1.23. The van der Waals surface area contributed by atoms with Gasteiger partial charge in [0.25, 0.3) is 0 Å². The molecule has 0 aliphatic heterocycles. The van der Waals surface area contributed by atoms with Crippen molar-refractivity contribution in [3.05, 3.63) is 95.6 Å². The Hall–Kier alpha value is -4.21. The number of nitrogens with one attached hydrogen (secondary N) is 2. The zero-order chi connectivity index (χ0) is 27.6. The summed E-state index contributed by atoms with van der Waals surface area (Å²) in [5, 5.41) is 14.5. The molecule has 204 valence electrons. The smallest absolute Gasteiger partial charge is 0.407 e. The Labute approximate surface area is 227 Å². The minimum Gasteiger partial charge on any atom is -0.480 e. The van der Waals surface area contributed by atoms with Gasteiger partial charge in [-0.25, -0.2) is 9.59 Å². The molecule has 0 aromatic heterocycles. The molecular weight excluding hydrogens is 500 g/mol. The summed E-state index contributed by atoms with van der Waals surface area (Å²) < 4.78 is 16.4. The van der Waals surface area contributed by atoms with E-state index in [9.17, 15) is 19.5 Å². The summed E-state index contributed by atoms with van der Waals surface area (Å²) in [6.07, 6.45) is -1.35. The minimum absolute atomic E-state index is 0.0376. The Kier molecular flexibility index (Phi) is 9.66. The lowest BCUT2D eigenvalue weighted by Gasteiger charge is -2.22. The molecule has 0 spiro atoms. The van der Waals surface area contributed by atoms with E-state index in [0.717, 1.165) is 27.8 Å². The van der Waals surface area contributed by atoms with Crippen LogP contribution in [0.3, 0.4) is 0 Å². The molecule has 3 N–H and O–H groups in total. The third kappa shape index (κ3) is 7.43. The van der Waals surface area contributed by atoms with Crippen molar-refractivity contribution in [1.82, 2.24) is 10.6 Å². The number of carboxylic acids is 1. The van der Waals surface area contributed by atoms with Crippen molar-refractivity contribution in [3.8, 4) is 11.1 Å². The zero-order valence-corrected chi connectivity index (χ0v) is 21.7. The maximum atomic E-state index is 12.2. The molecule has 0 radical (unpaired) electrons. The summed E-state index contributed by atoms with van der Waals surface area (Å²) in [7, 11) is 0. The van der Waals surface area contributed by atoms with E-state index in [1.54, 1.807) is 6.92 Å². The first-order chi connectivity index (χ1) is 18.9. The van der Waals surface area contributed by atoms with Crippen LogP contribution in [-0.2, 0) is 30.4 Å². The molecule has 0 bridgehead atoms. The highest BCUT2D eigenvalue weighted by molar-refractivity contribution is 5.84. The van der Waals surface area contributed by atoms with Crippen molar-refractivity contribution >= 4 is 18.0 Å². The van der Waals surface area contributed by atoms with E-state index in [2.05, 4.69) is 22.8 Å². The monoisotopic (exact) mass is 532 g/mol. The number of fused-ring (bicyclic) bond motifs is 3. The van der Waals surface area contributed by atoms with Crippen molar-refractivity contribution in [3.63, 3.8) is 0 Å². The Morgan fingerprint density at radius 1 is 0.897 bits per heavy atom. The van der Waals surface area contributed by atoms with Crippen LogP contribution in [0.5, 0.6) is 0 Å². The van der Waals surface area contributed by atoms with Gasteiger partial charge in [0.05, 0.1) is 19.3 Å². The quantitative estimate of drug-likeness (QED) is 0.287. The molecule has 1 aliphatic rings. The Bertz CT molecular complexity index is 1240. The Morgan fingerprint density at radius 2 is 1.51 bits per heavy atom. The van der Waals surface area contributed by atoms with E-state index in [1.807, 2.05) is 66.7 Å². The highest BCUT2D eigenvalue weighted by atomic mass is 16.5. The summed E-state index contributed by atoms with van der Waals surface area (Å²) in [5.41, 5.74) is 5.44. The SMILES string of the molecule is C[C@@H](OCc1ccccc1)[C@H](NC(=O)COCCNC(=O)OCC1c2ccccc2-c2ccccc21)C(=O)O. The van der Waals surface area contributed by atoms with Gasteiger partial charge in [-0.05, 0) is 34.7 Å². The molecule has 0 saturated heterocycles. The lowest BCUT2D eigenvalue weighted by Crippen LogP contribution is -2.49. The van der Waals surface area contributed by atoms with Crippen LogP contribution in [-0.4, -0.2) is 61.6 Å². The van der Waals surface area contributed by atoms with E-state index < -0.39 is 30.1 Å². The predicted molar refractivity (Wildman–Crippen MR) is 144 cm³/mol. The molecule has 0 heterocycles. The second kappa shape index (κ2) is 13.5. The van der Waals surface area contributed by atoms with Crippen molar-refractivity contribution in [2.24, 2.45) is 0 Å². The van der Waals surface area contributed by atoms with E-state index in [-0.39, 0.29) is 38.9 Å². The van der Waals surface area contributed by atoms with Crippen LogP contribution in [0.4, 0.5) is 4.79 Å². The first kappa shape index (κ1) is 27.8. The highest BCUT2D eigenvalue weighted by Gasteiger charge is 2.29. The number of amides is 2. The lowest BCUT2D eigenvalue weighted by atomic mass is 9.98. The number of benzene rings is 3. The van der Waals surface area contributed by atoms with Gasteiger partial charge in [0, 0.05) is 12.5 Å². The molecule has 39 heavy (non-hydrogen) atoms. The van der Waals surface area contributed by atoms with E-state index in [0.29, 0.717) is 0 Å². The summed E-state index contributed by atoms with van der Waals surface area (Å²) >= 11 is 0. The fourth-order valence-electron chi connectivity index (χ4n) is 4.53. The molecule has 3 aromatic rings. The second-order valence-electron chi connectivity index (χ2n) is 9.19. The summed E-state index contributed by atoms with van der Waals surface area (Å²) in [6.45, 7) is 1.82. The summed E-state index contributed by atoms with van der Waals surface area (Å²) in [4.78, 5) is 36.1. The number of rotatable bonds is 13. The lowest BCUT2D eigenvalue weighted by molar-refractivity contribution is -0.147. The molecule has 9 heteroatoms. The highest BCUT2D eigenvalue weighted by Crippen LogP contribution is 2.44. The molecule has 1 aliphatic carbocycles. The van der Waals surface area contributed by atoms with E-state index >= 15 is 0 Å². The number of aliphatic carboxylic acids is 1. The first-order valence-electron chi connectivity index (χ1n) is 12.8. The average Bonchev–Trinajstić information content (AvgIpc) is 3.27. The van der Waals surface area contributed by atoms with Crippen molar-refractivity contribution in [1.29, 1.82) is 0 Å². The van der Waals surface area contributed by atoms with Crippen molar-refractivity contribution < 1.29 is 33.7 Å². The normalized spacial score (nSPS) is 13.6. The molecule has 0 fully saturated rings. The van der Waals surface area contributed by atoms with Crippen LogP contribution in [0, 0.1) is 0 Å². The molecule has 2 amide bonds. The third-order valence-corrected chi connectivity index (χ3v) is 6.50. The van der Waals surface area contributed by atoms with Gasteiger partial charge in [0.1, 0.15) is 13.2 Å². The molecule has 3 aromatic carbocycles. The number of hydrogen-bond acceptors (Lipinski definition) is 6. The maximum absolute atomic E-state index is 12.2. The van der Waals surface area contributed by atoms with Gasteiger partial charge in [0.15, 0.2) is 6.04 Å². The van der Waals surface area contributed by atoms with Gasteiger partial charge in [-0.15, -0.1) is 0 Å². The maximum Gasteiger partial charge on any atom is 0.407 e. The molecule has 2 atom stereocenters. The van der Waals surface area contributed by atoms with Crippen LogP contribution in [0.1, 0.15) is 29.5 Å². The van der Waals surface area contributed by atoms with Gasteiger partial charge < -0.3 is 30.0 Å². The third-order valence-electron chi connectivity index (χ3n) is 6.50. The predicted octanol–water partition coefficient (Wildman–Crippen LogP) is 3.72. The molecule has 9 nitrogen and oxygen atoms in total. The van der Waals surface area contributed by atoms with Crippen molar-refractivity contribution in [2.45, 2.75) is 31.6 Å². The van der Waals surface area contributed by atoms with Gasteiger partial charge in [-0.1, -0.05) is 78.9 Å². The second-order valence-corrected chi connectivity index (χ2v) is 9.19. The summed E-state index contributed by atoms with van der Waals surface area (Å²) in [5.74, 6) is -1.84. The number of ether oxygens (including phenoxy) is 3. The van der Waals surface area contributed by atoms with Crippen LogP contribution < -0.4 is 10.6 Å². The average molecular weight is 533 g/mol. The molecule has 0 saturated carbocycles. The van der Waals surface area contributed by atoms with Gasteiger partial charge in [0.2, 0.25) is 5.91 Å². The number of carbonyl (C=O) groups excluding carboxylic acids is 2. The van der Waals surface area contributed by atoms with Crippen LogP contribution in [0.25, 0.3) is 11.1 Å². The van der Waals surface area contributed by atoms with Gasteiger partial charge in [-0.3, -0.25) is 4.79 Å². The molecular formula is C30H32N2O7. The Morgan fingerprint density at radius 3 is 2.15 bits per heavy atom. The first-order valence-corrected chi connectivity index (χ1v) is 12.8. The number of carboxylic acid groups (broad SMARTS) is 1. The topological polar surface area (TPSA) is 123 Å². The zero-order valence-electron chi connectivity index (χ0n) is 21.7.